The molecule has 33 heavy (non-hydrogen) atoms. The number of hydrogen-bond donors (Lipinski definition) is 2. The van der Waals surface area contributed by atoms with Crippen LogP contribution >= 0.6 is 0 Å². The second-order valence-corrected chi connectivity index (χ2v) is 8.60. The van der Waals surface area contributed by atoms with Crippen molar-refractivity contribution in [3.8, 4) is 11.8 Å². The fraction of sp³-hybridized carbons (Fsp3) is 0.360. The van der Waals surface area contributed by atoms with E-state index in [1.165, 1.54) is 0 Å². The summed E-state index contributed by atoms with van der Waals surface area (Å²) in [6.07, 6.45) is 1.55. The second kappa shape index (κ2) is 8.75. The predicted octanol–water partition coefficient (Wildman–Crippen LogP) is 3.23. The van der Waals surface area contributed by atoms with Crippen LogP contribution in [0.4, 0.5) is 15.8 Å². The van der Waals surface area contributed by atoms with Crippen molar-refractivity contribution in [3.05, 3.63) is 63.2 Å². The highest BCUT2D eigenvalue weighted by molar-refractivity contribution is 5.94. The molecule has 2 aliphatic heterocycles. The molecular weight excluding hydrogens is 421 g/mol. The Balaban J connectivity index is 1.33. The van der Waals surface area contributed by atoms with Crippen molar-refractivity contribution >= 4 is 22.3 Å². The molecule has 0 atom stereocenters. The monoisotopic (exact) mass is 447 g/mol. The molecule has 8 heteroatoms. The minimum absolute atomic E-state index is 0.133. The third kappa shape index (κ3) is 4.00. The Morgan fingerprint density at radius 3 is 2.76 bits per heavy atom. The van der Waals surface area contributed by atoms with E-state index in [1.54, 1.807) is 25.3 Å². The lowest BCUT2D eigenvalue weighted by atomic mass is 10.00. The van der Waals surface area contributed by atoms with Gasteiger partial charge in [-0.3, -0.25) is 9.69 Å². The van der Waals surface area contributed by atoms with Gasteiger partial charge in [-0.2, -0.15) is 5.26 Å². The summed E-state index contributed by atoms with van der Waals surface area (Å²) in [5, 5.41) is 12.8. The highest BCUT2D eigenvalue weighted by atomic mass is 19.1. The maximum Gasteiger partial charge on any atom is 0.253 e. The number of halogens is 1. The number of fused-ring (bicyclic) bond motifs is 3. The first-order valence-corrected chi connectivity index (χ1v) is 11.2. The van der Waals surface area contributed by atoms with Gasteiger partial charge in [-0.05, 0) is 42.7 Å². The molecule has 0 amide bonds. The molecule has 1 saturated heterocycles. The highest BCUT2D eigenvalue weighted by Crippen LogP contribution is 2.32. The maximum absolute atomic E-state index is 15.1. The molecule has 5 rings (SSSR count). The van der Waals surface area contributed by atoms with E-state index in [0.717, 1.165) is 50.4 Å². The molecule has 7 nitrogen and oxygen atoms in total. The van der Waals surface area contributed by atoms with Gasteiger partial charge in [0.1, 0.15) is 11.6 Å². The van der Waals surface area contributed by atoms with Crippen molar-refractivity contribution in [1.29, 1.82) is 5.26 Å². The van der Waals surface area contributed by atoms with Crippen LogP contribution in [0.5, 0.6) is 5.75 Å². The van der Waals surface area contributed by atoms with Gasteiger partial charge in [0.05, 0.1) is 41.0 Å². The number of aromatic nitrogens is 1. The number of H-pyrrole nitrogens is 1. The third-order valence-corrected chi connectivity index (χ3v) is 6.56. The molecule has 1 fully saturated rings. The van der Waals surface area contributed by atoms with Gasteiger partial charge in [-0.1, -0.05) is 0 Å². The zero-order chi connectivity index (χ0) is 22.9. The Morgan fingerprint density at radius 2 is 2.00 bits per heavy atom. The van der Waals surface area contributed by atoms with Crippen molar-refractivity contribution in [2.75, 3.05) is 50.1 Å². The lowest BCUT2D eigenvalue weighted by Crippen LogP contribution is -2.46. The van der Waals surface area contributed by atoms with E-state index in [0.29, 0.717) is 46.4 Å². The van der Waals surface area contributed by atoms with E-state index in [1.807, 2.05) is 12.1 Å². The van der Waals surface area contributed by atoms with Crippen LogP contribution in [0.1, 0.15) is 23.1 Å². The SMILES string of the molecule is COc1cc(C#N)ccc1N1CCN(Cc2cc(F)c3c4c(c(=O)[nH]c3c2)CCCN4)CC1. The van der Waals surface area contributed by atoms with E-state index < -0.39 is 0 Å². The van der Waals surface area contributed by atoms with Gasteiger partial charge < -0.3 is 19.9 Å². The number of nitrogens with one attached hydrogen (secondary N) is 2. The molecule has 0 spiro atoms. The smallest absolute Gasteiger partial charge is 0.253 e. The van der Waals surface area contributed by atoms with Crippen LogP contribution in [-0.4, -0.2) is 49.7 Å². The molecule has 0 unspecified atom stereocenters. The zero-order valence-electron chi connectivity index (χ0n) is 18.6. The van der Waals surface area contributed by atoms with E-state index in [9.17, 15) is 4.79 Å². The topological polar surface area (TPSA) is 84.4 Å². The highest BCUT2D eigenvalue weighted by Gasteiger charge is 2.22. The van der Waals surface area contributed by atoms with E-state index >= 15 is 4.39 Å². The fourth-order valence-electron chi connectivity index (χ4n) is 4.89. The van der Waals surface area contributed by atoms with Gasteiger partial charge in [-0.15, -0.1) is 0 Å². The van der Waals surface area contributed by atoms with Gasteiger partial charge in [0.25, 0.3) is 5.56 Å². The molecule has 3 heterocycles. The van der Waals surface area contributed by atoms with Gasteiger partial charge >= 0.3 is 0 Å². The molecule has 2 aliphatic rings. The third-order valence-electron chi connectivity index (χ3n) is 6.56. The number of piperazine rings is 1. The standard InChI is InChI=1S/C25H26FN5O2/c1-33-22-13-16(14-27)4-5-21(22)31-9-7-30(8-10-31)15-17-11-19(26)23-20(12-17)29-25(32)18-3-2-6-28-24(18)23/h4-5,11-13,28H,2-3,6-10,15H2,1H3,(H,29,32). The van der Waals surface area contributed by atoms with Crippen molar-refractivity contribution in [3.63, 3.8) is 0 Å². The lowest BCUT2D eigenvalue weighted by molar-refractivity contribution is 0.249. The van der Waals surface area contributed by atoms with Crippen LogP contribution in [-0.2, 0) is 13.0 Å². The molecule has 0 bridgehead atoms. The van der Waals surface area contributed by atoms with Gasteiger partial charge in [0.2, 0.25) is 0 Å². The summed E-state index contributed by atoms with van der Waals surface area (Å²) in [7, 11) is 1.61. The average Bonchev–Trinajstić information content (AvgIpc) is 2.84. The largest absolute Gasteiger partial charge is 0.495 e. The summed E-state index contributed by atoms with van der Waals surface area (Å²) in [4.78, 5) is 19.9. The Morgan fingerprint density at radius 1 is 1.18 bits per heavy atom. The average molecular weight is 448 g/mol. The number of aromatic amines is 1. The number of anilines is 2. The number of methoxy groups -OCH3 is 1. The summed E-state index contributed by atoms with van der Waals surface area (Å²) in [6, 6.07) is 11.1. The Bertz CT molecular complexity index is 1300. The van der Waals surface area contributed by atoms with Crippen LogP contribution in [0.2, 0.25) is 0 Å². The molecule has 170 valence electrons. The molecular formula is C25H26FN5O2. The molecule has 0 radical (unpaired) electrons. The number of hydrogen-bond acceptors (Lipinski definition) is 6. The summed E-state index contributed by atoms with van der Waals surface area (Å²) in [5.41, 5.74) is 4.10. The summed E-state index contributed by atoms with van der Waals surface area (Å²) >= 11 is 0. The van der Waals surface area contributed by atoms with Gasteiger partial charge in [0.15, 0.2) is 0 Å². The van der Waals surface area contributed by atoms with Crippen LogP contribution in [0.25, 0.3) is 10.9 Å². The zero-order valence-corrected chi connectivity index (χ0v) is 18.6. The van der Waals surface area contributed by atoms with Crippen molar-refractivity contribution in [2.45, 2.75) is 19.4 Å². The first-order chi connectivity index (χ1) is 16.1. The number of ether oxygens (including phenoxy) is 1. The fourth-order valence-corrected chi connectivity index (χ4v) is 4.89. The van der Waals surface area contributed by atoms with Crippen LogP contribution in [0, 0.1) is 17.1 Å². The van der Waals surface area contributed by atoms with E-state index in [2.05, 4.69) is 26.2 Å². The molecule has 2 N–H and O–H groups in total. The van der Waals surface area contributed by atoms with Crippen molar-refractivity contribution < 1.29 is 9.13 Å². The minimum Gasteiger partial charge on any atom is -0.495 e. The van der Waals surface area contributed by atoms with Gasteiger partial charge in [-0.25, -0.2) is 4.39 Å². The number of pyridine rings is 1. The Kier molecular flexibility index (Phi) is 5.65. The summed E-state index contributed by atoms with van der Waals surface area (Å²) in [6.45, 7) is 4.58. The van der Waals surface area contributed by atoms with E-state index in [4.69, 9.17) is 10.00 Å². The van der Waals surface area contributed by atoms with Gasteiger partial charge in [0, 0.05) is 50.9 Å². The summed E-state index contributed by atoms with van der Waals surface area (Å²) in [5.74, 6) is 0.394. The molecule has 3 aromatic rings. The molecule has 0 aliphatic carbocycles. The Labute approximate surface area is 191 Å². The first-order valence-electron chi connectivity index (χ1n) is 11.2. The predicted molar refractivity (Wildman–Crippen MR) is 127 cm³/mol. The molecule has 1 aromatic heterocycles. The van der Waals surface area contributed by atoms with Crippen molar-refractivity contribution in [1.82, 2.24) is 9.88 Å². The minimum atomic E-state index is -0.301. The summed E-state index contributed by atoms with van der Waals surface area (Å²) < 4.78 is 20.6. The first kappa shape index (κ1) is 21.3. The molecule has 0 saturated carbocycles. The number of rotatable bonds is 4. The van der Waals surface area contributed by atoms with E-state index in [-0.39, 0.29) is 11.4 Å². The Hall–Kier alpha value is -3.57. The van der Waals surface area contributed by atoms with Crippen molar-refractivity contribution in [2.24, 2.45) is 0 Å². The lowest BCUT2D eigenvalue weighted by Gasteiger charge is -2.36. The number of benzene rings is 2. The number of nitriles is 1. The van der Waals surface area contributed by atoms with Crippen LogP contribution in [0.3, 0.4) is 0 Å². The van der Waals surface area contributed by atoms with Crippen LogP contribution in [0.15, 0.2) is 35.1 Å². The van der Waals surface area contributed by atoms with Crippen LogP contribution < -0.4 is 20.5 Å². The number of nitrogens with zero attached hydrogens (tertiary/aromatic N) is 3. The maximum atomic E-state index is 15.1. The normalized spacial score (nSPS) is 16.2. The molecule has 2 aromatic carbocycles. The second-order valence-electron chi connectivity index (χ2n) is 8.60. The quantitative estimate of drug-likeness (QED) is 0.639.